The summed E-state index contributed by atoms with van der Waals surface area (Å²) in [5.41, 5.74) is 1.22. The van der Waals surface area contributed by atoms with Crippen molar-refractivity contribution in [3.05, 3.63) is 57.8 Å². The molecule has 4 nitrogen and oxygen atoms in total. The van der Waals surface area contributed by atoms with Crippen molar-refractivity contribution in [3.63, 3.8) is 0 Å². The normalized spacial score (nSPS) is 15.6. The lowest BCUT2D eigenvalue weighted by atomic mass is 10.2. The summed E-state index contributed by atoms with van der Waals surface area (Å²) in [4.78, 5) is 17.7. The van der Waals surface area contributed by atoms with Crippen LogP contribution in [0.15, 0.2) is 47.9 Å². The number of hydrogen-bond donors (Lipinski definition) is 1. The predicted octanol–water partition coefficient (Wildman–Crippen LogP) is 3.35. The zero-order chi connectivity index (χ0) is 17.5. The molecule has 6 heteroatoms. The van der Waals surface area contributed by atoms with Crippen LogP contribution in [-0.2, 0) is 4.79 Å². The van der Waals surface area contributed by atoms with Gasteiger partial charge >= 0.3 is 0 Å². The highest BCUT2D eigenvalue weighted by Crippen LogP contribution is 2.19. The van der Waals surface area contributed by atoms with E-state index in [1.807, 2.05) is 35.7 Å². The Morgan fingerprint density at radius 1 is 1.16 bits per heavy atom. The van der Waals surface area contributed by atoms with Gasteiger partial charge < -0.3 is 10.2 Å². The minimum Gasteiger partial charge on any atom is -0.369 e. The second-order valence-corrected chi connectivity index (χ2v) is 7.36. The maximum absolute atomic E-state index is 11.8. The summed E-state index contributed by atoms with van der Waals surface area (Å²) < 4.78 is 0. The molecule has 0 bridgehead atoms. The fourth-order valence-corrected chi connectivity index (χ4v) is 3.57. The highest BCUT2D eigenvalue weighted by Gasteiger charge is 2.16. The third kappa shape index (κ3) is 5.59. The second kappa shape index (κ2) is 9.04. The molecule has 1 N–H and O–H groups in total. The number of hydrogen-bond acceptors (Lipinski definition) is 4. The molecule has 3 rings (SSSR count). The fraction of sp³-hybridized carbons (Fsp3) is 0.316. The van der Waals surface area contributed by atoms with Gasteiger partial charge in [-0.15, -0.1) is 11.3 Å². The summed E-state index contributed by atoms with van der Waals surface area (Å²) in [5.74, 6) is -0.0341. The molecule has 0 aliphatic carbocycles. The molecular formula is C19H22ClN3OS. The van der Waals surface area contributed by atoms with Crippen LogP contribution in [0.25, 0.3) is 6.08 Å². The zero-order valence-corrected chi connectivity index (χ0v) is 15.6. The van der Waals surface area contributed by atoms with Crippen LogP contribution in [0.3, 0.4) is 0 Å². The van der Waals surface area contributed by atoms with Crippen molar-refractivity contribution in [2.45, 2.75) is 0 Å². The molecule has 1 aliphatic heterocycles. The average Bonchev–Trinajstić information content (AvgIpc) is 3.15. The van der Waals surface area contributed by atoms with E-state index in [-0.39, 0.29) is 5.91 Å². The van der Waals surface area contributed by atoms with Gasteiger partial charge in [-0.25, -0.2) is 0 Å². The molecule has 0 atom stereocenters. The number of halogens is 1. The van der Waals surface area contributed by atoms with Gasteiger partial charge in [0.1, 0.15) is 0 Å². The van der Waals surface area contributed by atoms with Crippen molar-refractivity contribution in [2.75, 3.05) is 44.2 Å². The van der Waals surface area contributed by atoms with Gasteiger partial charge in [0, 0.05) is 60.9 Å². The van der Waals surface area contributed by atoms with Crippen LogP contribution in [0.2, 0.25) is 5.02 Å². The topological polar surface area (TPSA) is 35.6 Å². The average molecular weight is 376 g/mol. The first-order valence-electron chi connectivity index (χ1n) is 8.43. The van der Waals surface area contributed by atoms with Gasteiger partial charge in [-0.3, -0.25) is 9.69 Å². The third-order valence-corrected chi connectivity index (χ3v) is 5.32. The molecule has 0 unspecified atom stereocenters. The maximum atomic E-state index is 11.8. The molecule has 1 amide bonds. The number of anilines is 1. The highest BCUT2D eigenvalue weighted by atomic mass is 35.5. The van der Waals surface area contributed by atoms with Crippen molar-refractivity contribution in [1.29, 1.82) is 0 Å². The number of rotatable bonds is 6. The molecule has 25 heavy (non-hydrogen) atoms. The Bertz CT molecular complexity index is 692. The van der Waals surface area contributed by atoms with Gasteiger partial charge in [0.2, 0.25) is 5.91 Å². The Hall–Kier alpha value is -1.82. The molecule has 0 saturated carbocycles. The summed E-state index contributed by atoms with van der Waals surface area (Å²) in [6.07, 6.45) is 3.45. The number of carbonyl (C=O) groups excluding carboxylic acids is 1. The van der Waals surface area contributed by atoms with Crippen LogP contribution in [0.4, 0.5) is 5.69 Å². The van der Waals surface area contributed by atoms with Crippen LogP contribution >= 0.6 is 22.9 Å². The van der Waals surface area contributed by atoms with Gasteiger partial charge in [-0.2, -0.15) is 0 Å². The number of piperazine rings is 1. The van der Waals surface area contributed by atoms with Gasteiger partial charge in [-0.1, -0.05) is 17.7 Å². The molecule has 0 radical (unpaired) electrons. The SMILES string of the molecule is O=C(/C=C/c1cccs1)NCCN1CCN(c2ccc(Cl)cc2)CC1. The van der Waals surface area contributed by atoms with E-state index in [1.54, 1.807) is 17.4 Å². The number of nitrogens with zero attached hydrogens (tertiary/aromatic N) is 2. The van der Waals surface area contributed by atoms with E-state index in [0.717, 1.165) is 42.6 Å². The molecule has 2 aromatic rings. The van der Waals surface area contributed by atoms with Gasteiger partial charge in [-0.05, 0) is 41.8 Å². The maximum Gasteiger partial charge on any atom is 0.244 e. The molecule has 1 aromatic carbocycles. The number of nitrogens with one attached hydrogen (secondary N) is 1. The van der Waals surface area contributed by atoms with Crippen molar-refractivity contribution >= 4 is 40.6 Å². The van der Waals surface area contributed by atoms with Crippen molar-refractivity contribution in [1.82, 2.24) is 10.2 Å². The van der Waals surface area contributed by atoms with Gasteiger partial charge in [0.15, 0.2) is 0 Å². The van der Waals surface area contributed by atoms with E-state index < -0.39 is 0 Å². The van der Waals surface area contributed by atoms with Crippen LogP contribution in [0, 0.1) is 0 Å². The van der Waals surface area contributed by atoms with Gasteiger partial charge in [0.05, 0.1) is 0 Å². The van der Waals surface area contributed by atoms with E-state index in [1.165, 1.54) is 5.69 Å². The quantitative estimate of drug-likeness (QED) is 0.786. The summed E-state index contributed by atoms with van der Waals surface area (Å²) in [5, 5.41) is 5.72. The fourth-order valence-electron chi connectivity index (χ4n) is 2.82. The Morgan fingerprint density at radius 3 is 2.60 bits per heavy atom. The van der Waals surface area contributed by atoms with Crippen LogP contribution in [-0.4, -0.2) is 50.1 Å². The summed E-state index contributed by atoms with van der Waals surface area (Å²) >= 11 is 7.57. The Morgan fingerprint density at radius 2 is 1.92 bits per heavy atom. The Balaban J connectivity index is 1.35. The number of benzene rings is 1. The van der Waals surface area contributed by atoms with Crippen LogP contribution < -0.4 is 10.2 Å². The van der Waals surface area contributed by atoms with E-state index in [9.17, 15) is 4.79 Å². The summed E-state index contributed by atoms with van der Waals surface area (Å²) in [7, 11) is 0. The lowest BCUT2D eigenvalue weighted by Crippen LogP contribution is -2.48. The van der Waals surface area contributed by atoms with Crippen molar-refractivity contribution in [2.24, 2.45) is 0 Å². The second-order valence-electron chi connectivity index (χ2n) is 5.94. The number of amides is 1. The van der Waals surface area contributed by atoms with Crippen LogP contribution in [0.1, 0.15) is 4.88 Å². The molecular weight excluding hydrogens is 354 g/mol. The zero-order valence-electron chi connectivity index (χ0n) is 14.0. The van der Waals surface area contributed by atoms with E-state index in [2.05, 4.69) is 27.2 Å². The number of carbonyl (C=O) groups is 1. The molecule has 2 heterocycles. The summed E-state index contributed by atoms with van der Waals surface area (Å²) in [6.45, 7) is 5.55. The first-order valence-corrected chi connectivity index (χ1v) is 9.69. The highest BCUT2D eigenvalue weighted by molar-refractivity contribution is 7.10. The molecule has 132 valence electrons. The lowest BCUT2D eigenvalue weighted by Gasteiger charge is -2.36. The molecule has 1 aromatic heterocycles. The monoisotopic (exact) mass is 375 g/mol. The lowest BCUT2D eigenvalue weighted by molar-refractivity contribution is -0.116. The minimum atomic E-state index is -0.0341. The molecule has 0 spiro atoms. The standard InChI is InChI=1S/C19H22ClN3OS/c20-16-3-5-17(6-4-16)23-13-11-22(12-14-23)10-9-21-19(24)8-7-18-2-1-15-25-18/h1-8,15H,9-14H2,(H,21,24)/b8-7+. The van der Waals surface area contributed by atoms with Crippen molar-refractivity contribution in [3.8, 4) is 0 Å². The molecule has 1 saturated heterocycles. The largest absolute Gasteiger partial charge is 0.369 e. The minimum absolute atomic E-state index is 0.0341. The van der Waals surface area contributed by atoms with E-state index in [0.29, 0.717) is 6.54 Å². The van der Waals surface area contributed by atoms with Gasteiger partial charge in [0.25, 0.3) is 0 Å². The Labute approximate surface area is 157 Å². The first-order chi connectivity index (χ1) is 12.2. The first kappa shape index (κ1) is 18.0. The van der Waals surface area contributed by atoms with E-state index in [4.69, 9.17) is 11.6 Å². The molecule has 1 fully saturated rings. The third-order valence-electron chi connectivity index (χ3n) is 4.23. The summed E-state index contributed by atoms with van der Waals surface area (Å²) in [6, 6.07) is 12.0. The molecule has 1 aliphatic rings. The Kier molecular flexibility index (Phi) is 6.50. The van der Waals surface area contributed by atoms with Crippen molar-refractivity contribution < 1.29 is 4.79 Å². The number of thiophene rings is 1. The smallest absolute Gasteiger partial charge is 0.244 e. The predicted molar refractivity (Wildman–Crippen MR) is 106 cm³/mol. The van der Waals surface area contributed by atoms with E-state index >= 15 is 0 Å². The van der Waals surface area contributed by atoms with Crippen LogP contribution in [0.5, 0.6) is 0 Å².